The molecule has 33 heavy (non-hydrogen) atoms. The van der Waals surface area contributed by atoms with E-state index in [-0.39, 0.29) is 18.5 Å². The van der Waals surface area contributed by atoms with Gasteiger partial charge in [-0.3, -0.25) is 14.7 Å². The lowest BCUT2D eigenvalue weighted by molar-refractivity contribution is -0.142. The summed E-state index contributed by atoms with van der Waals surface area (Å²) in [6.07, 6.45) is 1.92. The van der Waals surface area contributed by atoms with Gasteiger partial charge in [0.25, 0.3) is 5.91 Å². The fourth-order valence-electron chi connectivity index (χ4n) is 3.71. The number of esters is 1. The molecule has 9 heteroatoms. The molecule has 2 saturated heterocycles. The highest BCUT2D eigenvalue weighted by Crippen LogP contribution is 2.59. The Morgan fingerprint density at radius 2 is 1.76 bits per heavy atom. The minimum Gasteiger partial charge on any atom is -0.464 e. The highest BCUT2D eigenvalue weighted by atomic mass is 32.2. The second-order valence-electron chi connectivity index (χ2n) is 7.20. The first-order valence-electron chi connectivity index (χ1n) is 10.4. The van der Waals surface area contributed by atoms with E-state index in [0.29, 0.717) is 4.91 Å². The molecule has 1 amide bonds. The van der Waals surface area contributed by atoms with Gasteiger partial charge in [0, 0.05) is 10.6 Å². The van der Waals surface area contributed by atoms with E-state index in [1.54, 1.807) is 23.2 Å². The maximum absolute atomic E-state index is 13.8. The lowest BCUT2D eigenvalue weighted by atomic mass is 10.2. The van der Waals surface area contributed by atoms with Crippen LogP contribution in [0, 0.1) is 0 Å². The molecule has 5 rings (SSSR count). The Balaban J connectivity index is 1.65. The molecule has 0 saturated carbocycles. The number of nitrogens with zero attached hydrogens (tertiary/aromatic N) is 2. The van der Waals surface area contributed by atoms with Crippen molar-refractivity contribution in [1.29, 1.82) is 0 Å². The van der Waals surface area contributed by atoms with Gasteiger partial charge >= 0.3 is 5.97 Å². The maximum Gasteiger partial charge on any atom is 0.335 e. The maximum atomic E-state index is 13.8. The molecule has 6 nitrogen and oxygen atoms in total. The van der Waals surface area contributed by atoms with E-state index in [1.165, 1.54) is 23.5 Å². The summed E-state index contributed by atoms with van der Waals surface area (Å²) in [6.45, 7) is 2.07. The monoisotopic (exact) mass is 495 g/mol. The quantitative estimate of drug-likeness (QED) is 0.389. The van der Waals surface area contributed by atoms with Crippen LogP contribution in [0.5, 0.6) is 0 Å². The number of benzene rings is 2. The Kier molecular flexibility index (Phi) is 6.20. The summed E-state index contributed by atoms with van der Waals surface area (Å²) in [4.78, 5) is 30.0. The van der Waals surface area contributed by atoms with Crippen molar-refractivity contribution < 1.29 is 14.3 Å². The lowest BCUT2D eigenvalue weighted by Gasteiger charge is -2.39. The number of anilines is 2. The average Bonchev–Trinajstić information content (AvgIpc) is 3.55. The summed E-state index contributed by atoms with van der Waals surface area (Å²) in [5.41, 5.74) is 4.90. The fourth-order valence-corrected chi connectivity index (χ4v) is 7.56. The summed E-state index contributed by atoms with van der Waals surface area (Å²) >= 11 is 4.38. The van der Waals surface area contributed by atoms with E-state index in [0.717, 1.165) is 16.3 Å². The third kappa shape index (κ3) is 4.06. The van der Waals surface area contributed by atoms with Crippen molar-refractivity contribution in [3.8, 4) is 0 Å². The van der Waals surface area contributed by atoms with Crippen molar-refractivity contribution in [2.45, 2.75) is 16.6 Å². The van der Waals surface area contributed by atoms with E-state index < -0.39 is 9.70 Å². The van der Waals surface area contributed by atoms with E-state index in [9.17, 15) is 9.59 Å². The number of carbonyl (C=O) groups excluding carboxylic acids is 2. The SMILES string of the molecule is CCOC(=O)C1NN(c2ccccc2)C2(S/C(=C\c3cccs3)C(=O)N2c2ccccc2)S1. The summed E-state index contributed by atoms with van der Waals surface area (Å²) in [5.74, 6) is -0.476. The van der Waals surface area contributed by atoms with Crippen LogP contribution in [0.3, 0.4) is 0 Å². The van der Waals surface area contributed by atoms with Crippen LogP contribution in [-0.4, -0.2) is 28.2 Å². The van der Waals surface area contributed by atoms with Crippen molar-refractivity contribution in [3.63, 3.8) is 0 Å². The molecular formula is C24H21N3O3S3. The standard InChI is InChI=1S/C24H21N3O3S3/c1-2-30-23(29)21-25-27(18-12-7-4-8-13-18)24(33-21)26(17-10-5-3-6-11-17)22(28)20(32-24)16-19-14-9-15-31-19/h3-16,21,25H,2H2,1H3/b20-16-. The number of ether oxygens (including phenoxy) is 1. The Morgan fingerprint density at radius 1 is 1.06 bits per heavy atom. The second-order valence-corrected chi connectivity index (χ2v) is 10.9. The highest BCUT2D eigenvalue weighted by Gasteiger charge is 2.61. The summed E-state index contributed by atoms with van der Waals surface area (Å²) in [6, 6.07) is 23.2. The van der Waals surface area contributed by atoms with Crippen molar-refractivity contribution in [3.05, 3.63) is 88.0 Å². The molecule has 3 aromatic rings. The average molecular weight is 496 g/mol. The molecule has 2 aliphatic heterocycles. The van der Waals surface area contributed by atoms with Crippen LogP contribution in [0.25, 0.3) is 6.08 Å². The zero-order valence-electron chi connectivity index (χ0n) is 17.7. The number of thioether (sulfide) groups is 2. The molecule has 0 radical (unpaired) electrons. The van der Waals surface area contributed by atoms with E-state index in [2.05, 4.69) is 5.43 Å². The molecule has 168 valence electrons. The van der Waals surface area contributed by atoms with E-state index >= 15 is 0 Å². The molecule has 1 N–H and O–H groups in total. The lowest BCUT2D eigenvalue weighted by Crippen LogP contribution is -2.55. The van der Waals surface area contributed by atoms with Crippen LogP contribution in [0.1, 0.15) is 11.8 Å². The smallest absolute Gasteiger partial charge is 0.335 e. The van der Waals surface area contributed by atoms with Crippen LogP contribution >= 0.6 is 34.9 Å². The molecule has 1 aromatic heterocycles. The first kappa shape index (κ1) is 22.1. The molecule has 3 heterocycles. The third-order valence-electron chi connectivity index (χ3n) is 5.09. The van der Waals surface area contributed by atoms with Gasteiger partial charge in [0.1, 0.15) is 0 Å². The molecule has 0 bridgehead atoms. The number of amides is 1. The van der Waals surface area contributed by atoms with E-state index in [1.807, 2.05) is 89.3 Å². The van der Waals surface area contributed by atoms with Crippen molar-refractivity contribution >= 4 is 64.2 Å². The van der Waals surface area contributed by atoms with Gasteiger partial charge in [0.05, 0.1) is 17.2 Å². The third-order valence-corrected chi connectivity index (χ3v) is 8.79. The van der Waals surface area contributed by atoms with Gasteiger partial charge in [-0.15, -0.1) is 11.3 Å². The predicted octanol–water partition coefficient (Wildman–Crippen LogP) is 5.13. The van der Waals surface area contributed by atoms with Crippen LogP contribution in [0.2, 0.25) is 0 Å². The first-order chi connectivity index (χ1) is 16.1. The van der Waals surface area contributed by atoms with Crippen LogP contribution < -0.4 is 15.3 Å². The highest BCUT2D eigenvalue weighted by molar-refractivity contribution is 8.22. The van der Waals surface area contributed by atoms with Crippen molar-refractivity contribution in [2.75, 3.05) is 16.5 Å². The Bertz CT molecular complexity index is 1170. The van der Waals surface area contributed by atoms with Gasteiger partial charge < -0.3 is 4.74 Å². The number of hydrogen-bond donors (Lipinski definition) is 1. The predicted molar refractivity (Wildman–Crippen MR) is 137 cm³/mol. The van der Waals surface area contributed by atoms with Gasteiger partial charge in [-0.05, 0) is 48.7 Å². The van der Waals surface area contributed by atoms with Crippen molar-refractivity contribution in [2.24, 2.45) is 0 Å². The Labute approximate surface area is 204 Å². The van der Waals surface area contributed by atoms with Crippen LogP contribution in [0.15, 0.2) is 83.1 Å². The first-order valence-corrected chi connectivity index (χ1v) is 13.0. The van der Waals surface area contributed by atoms with Gasteiger partial charge in [-0.25, -0.2) is 10.2 Å². The minimum absolute atomic E-state index is 0.112. The van der Waals surface area contributed by atoms with E-state index in [4.69, 9.17) is 4.74 Å². The normalized spacial score (nSPS) is 23.6. The topological polar surface area (TPSA) is 61.9 Å². The molecular weight excluding hydrogens is 474 g/mol. The second kappa shape index (κ2) is 9.26. The molecule has 0 aliphatic carbocycles. The molecule has 2 aliphatic rings. The number of hydrogen-bond acceptors (Lipinski definition) is 8. The number of thiophene rings is 1. The zero-order valence-corrected chi connectivity index (χ0v) is 20.2. The minimum atomic E-state index is -0.958. The number of hydrazine groups is 1. The van der Waals surface area contributed by atoms with Crippen LogP contribution in [0.4, 0.5) is 11.4 Å². The van der Waals surface area contributed by atoms with Gasteiger partial charge in [0.15, 0.2) is 5.37 Å². The molecule has 2 fully saturated rings. The van der Waals surface area contributed by atoms with Gasteiger partial charge in [-0.2, -0.15) is 0 Å². The largest absolute Gasteiger partial charge is 0.464 e. The fraction of sp³-hybridized carbons (Fsp3) is 0.167. The molecule has 2 aromatic carbocycles. The summed E-state index contributed by atoms with van der Waals surface area (Å²) < 4.78 is 4.36. The molecule has 2 unspecified atom stereocenters. The summed E-state index contributed by atoms with van der Waals surface area (Å²) in [7, 11) is 0. The number of rotatable bonds is 5. The molecule has 1 spiro atoms. The van der Waals surface area contributed by atoms with Crippen LogP contribution in [-0.2, 0) is 14.3 Å². The number of nitrogens with one attached hydrogen (secondary N) is 1. The Morgan fingerprint density at radius 3 is 2.39 bits per heavy atom. The summed E-state index contributed by atoms with van der Waals surface area (Å²) in [5, 5.41) is 3.22. The zero-order chi connectivity index (χ0) is 22.8. The number of carbonyl (C=O) groups is 2. The van der Waals surface area contributed by atoms with Gasteiger partial charge in [-0.1, -0.05) is 66.0 Å². The molecule has 2 atom stereocenters. The number of para-hydroxylation sites is 2. The van der Waals surface area contributed by atoms with Gasteiger partial charge in [0.2, 0.25) is 4.33 Å². The van der Waals surface area contributed by atoms with Crippen molar-refractivity contribution in [1.82, 2.24) is 5.43 Å². The Hall–Kier alpha value is -2.72.